The maximum atomic E-state index is 15.0. The van der Waals surface area contributed by atoms with E-state index in [1.165, 1.54) is 17.9 Å². The fourth-order valence-corrected chi connectivity index (χ4v) is 4.10. The number of cyclic esters (lactones) is 1. The van der Waals surface area contributed by atoms with Gasteiger partial charge in [-0.15, -0.1) is 0 Å². The highest BCUT2D eigenvalue weighted by atomic mass is 19.1. The maximum Gasteiger partial charge on any atom is 0.414 e. The number of ether oxygens (including phenoxy) is 1. The van der Waals surface area contributed by atoms with Gasteiger partial charge in [0.15, 0.2) is 0 Å². The van der Waals surface area contributed by atoms with Gasteiger partial charge in [0.2, 0.25) is 0 Å². The number of benzene rings is 3. The number of hydrogen-bond donors (Lipinski definition) is 2. The topological polar surface area (TPSA) is 78.9 Å². The summed E-state index contributed by atoms with van der Waals surface area (Å²) in [6.07, 6.45) is -0.803. The predicted octanol–water partition coefficient (Wildman–Crippen LogP) is 5.01. The van der Waals surface area contributed by atoms with Crippen LogP contribution >= 0.6 is 0 Å². The van der Waals surface area contributed by atoms with E-state index in [0.717, 1.165) is 11.1 Å². The molecule has 2 atom stereocenters. The minimum atomic E-state index is -0.683. The summed E-state index contributed by atoms with van der Waals surface area (Å²) in [6, 6.07) is 21.7. The molecule has 6 nitrogen and oxygen atoms in total. The standard InChI is InChI=1S/C28H29FN2O4/c1-19(32)7-13-24-18-31(28(34)35-24)23-12-14-25(26(29)15-23)21-8-10-22(11-9-21)27(33)17-30-16-20-5-3-2-4-6-20/h2-6,8-12,14-15,24,27,30,33H,7,13,16-18H2,1H3/t24-,27+/m0/s1. The summed E-state index contributed by atoms with van der Waals surface area (Å²) >= 11 is 0. The number of hydrogen-bond acceptors (Lipinski definition) is 5. The fourth-order valence-electron chi connectivity index (χ4n) is 4.10. The highest BCUT2D eigenvalue weighted by Gasteiger charge is 2.32. The van der Waals surface area contributed by atoms with Crippen LogP contribution in [0.4, 0.5) is 14.9 Å². The van der Waals surface area contributed by atoms with Crippen LogP contribution in [0.2, 0.25) is 0 Å². The van der Waals surface area contributed by atoms with Crippen molar-refractivity contribution < 1.29 is 23.8 Å². The molecular formula is C28H29FN2O4. The molecule has 0 saturated carbocycles. The van der Waals surface area contributed by atoms with E-state index >= 15 is 0 Å². The Balaban J connectivity index is 1.37. The molecule has 4 rings (SSSR count). The maximum absolute atomic E-state index is 15.0. The first kappa shape index (κ1) is 24.6. The van der Waals surface area contributed by atoms with Crippen LogP contribution in [-0.2, 0) is 16.1 Å². The number of anilines is 1. The minimum absolute atomic E-state index is 0.0388. The number of amides is 1. The molecule has 1 fully saturated rings. The lowest BCUT2D eigenvalue weighted by Gasteiger charge is -2.15. The van der Waals surface area contributed by atoms with E-state index in [1.807, 2.05) is 30.3 Å². The molecule has 1 heterocycles. The highest BCUT2D eigenvalue weighted by Crippen LogP contribution is 2.30. The Morgan fingerprint density at radius 3 is 2.57 bits per heavy atom. The summed E-state index contributed by atoms with van der Waals surface area (Å²) in [4.78, 5) is 24.8. The van der Waals surface area contributed by atoms with Crippen molar-refractivity contribution in [1.29, 1.82) is 0 Å². The normalized spacial score (nSPS) is 16.3. The second-order valence-electron chi connectivity index (χ2n) is 8.78. The van der Waals surface area contributed by atoms with Crippen LogP contribution in [0, 0.1) is 5.82 Å². The Kier molecular flexibility index (Phi) is 7.90. The molecule has 0 spiro atoms. The van der Waals surface area contributed by atoms with Crippen molar-refractivity contribution in [3.8, 4) is 11.1 Å². The summed E-state index contributed by atoms with van der Waals surface area (Å²) < 4.78 is 20.3. The molecule has 2 N–H and O–H groups in total. The van der Waals surface area contributed by atoms with E-state index < -0.39 is 18.0 Å². The van der Waals surface area contributed by atoms with Crippen molar-refractivity contribution in [1.82, 2.24) is 5.32 Å². The Hall–Kier alpha value is -3.55. The van der Waals surface area contributed by atoms with Crippen LogP contribution in [0.5, 0.6) is 0 Å². The van der Waals surface area contributed by atoms with Crippen LogP contribution in [0.1, 0.15) is 37.0 Å². The molecular weight excluding hydrogens is 447 g/mol. The quantitative estimate of drug-likeness (QED) is 0.430. The third kappa shape index (κ3) is 6.32. The van der Waals surface area contributed by atoms with Gasteiger partial charge in [0.1, 0.15) is 17.7 Å². The van der Waals surface area contributed by atoms with E-state index in [4.69, 9.17) is 4.74 Å². The van der Waals surface area contributed by atoms with Gasteiger partial charge in [-0.05, 0) is 48.2 Å². The first-order valence-corrected chi connectivity index (χ1v) is 11.7. The van der Waals surface area contributed by atoms with E-state index in [2.05, 4.69) is 5.32 Å². The zero-order valence-electron chi connectivity index (χ0n) is 19.6. The zero-order chi connectivity index (χ0) is 24.8. The van der Waals surface area contributed by atoms with Crippen LogP contribution in [0.25, 0.3) is 11.1 Å². The van der Waals surface area contributed by atoms with Gasteiger partial charge in [-0.25, -0.2) is 9.18 Å². The number of aliphatic hydroxyl groups excluding tert-OH is 1. The van der Waals surface area contributed by atoms with Gasteiger partial charge < -0.3 is 20.0 Å². The lowest BCUT2D eigenvalue weighted by atomic mass is 10.0. The van der Waals surface area contributed by atoms with Crippen molar-refractivity contribution in [3.05, 3.63) is 89.7 Å². The summed E-state index contributed by atoms with van der Waals surface area (Å²) in [7, 11) is 0. The molecule has 0 aliphatic carbocycles. The largest absolute Gasteiger partial charge is 0.444 e. The molecule has 0 aromatic heterocycles. The van der Waals surface area contributed by atoms with E-state index in [-0.39, 0.29) is 18.4 Å². The van der Waals surface area contributed by atoms with E-state index in [1.54, 1.807) is 36.4 Å². The first-order valence-electron chi connectivity index (χ1n) is 11.7. The summed E-state index contributed by atoms with van der Waals surface area (Å²) in [5.41, 5.74) is 3.37. The lowest BCUT2D eigenvalue weighted by molar-refractivity contribution is -0.117. The lowest BCUT2D eigenvalue weighted by Crippen LogP contribution is -2.24. The monoisotopic (exact) mass is 476 g/mol. The van der Waals surface area contributed by atoms with Crippen molar-refractivity contribution in [2.75, 3.05) is 18.0 Å². The Morgan fingerprint density at radius 2 is 1.89 bits per heavy atom. The van der Waals surface area contributed by atoms with Crippen LogP contribution in [0.3, 0.4) is 0 Å². The van der Waals surface area contributed by atoms with Crippen LogP contribution < -0.4 is 10.2 Å². The van der Waals surface area contributed by atoms with Crippen LogP contribution in [-0.4, -0.2) is 36.2 Å². The van der Waals surface area contributed by atoms with E-state index in [0.29, 0.717) is 42.7 Å². The zero-order valence-corrected chi connectivity index (χ0v) is 19.6. The fraction of sp³-hybridized carbons (Fsp3) is 0.286. The predicted molar refractivity (Wildman–Crippen MR) is 132 cm³/mol. The smallest absolute Gasteiger partial charge is 0.414 e. The number of halogens is 1. The van der Waals surface area contributed by atoms with Gasteiger partial charge >= 0.3 is 6.09 Å². The molecule has 3 aromatic rings. The number of nitrogens with one attached hydrogen (secondary N) is 1. The number of carbonyl (C=O) groups excluding carboxylic acids is 2. The summed E-state index contributed by atoms with van der Waals surface area (Å²) in [5.74, 6) is -0.419. The second kappa shape index (κ2) is 11.3. The molecule has 182 valence electrons. The molecule has 7 heteroatoms. The molecule has 0 bridgehead atoms. The number of aliphatic hydroxyl groups is 1. The summed E-state index contributed by atoms with van der Waals surface area (Å²) in [6.45, 7) is 2.85. The highest BCUT2D eigenvalue weighted by molar-refractivity contribution is 5.90. The average molecular weight is 477 g/mol. The number of Topliss-reactive ketones (excluding diaryl/α,β-unsaturated/α-hetero) is 1. The SMILES string of the molecule is CC(=O)CC[C@H]1CN(c2ccc(-c3ccc([C@H](O)CNCc4ccccc4)cc3)c(F)c2)C(=O)O1. The minimum Gasteiger partial charge on any atom is -0.444 e. The van der Waals surface area contributed by atoms with Gasteiger partial charge in [-0.2, -0.15) is 0 Å². The van der Waals surface area contributed by atoms with E-state index in [9.17, 15) is 19.1 Å². The molecule has 3 aromatic carbocycles. The van der Waals surface area contributed by atoms with Gasteiger partial charge in [-0.1, -0.05) is 54.6 Å². The van der Waals surface area contributed by atoms with Gasteiger partial charge in [0.25, 0.3) is 0 Å². The third-order valence-corrected chi connectivity index (χ3v) is 6.07. The molecule has 1 aliphatic rings. The molecule has 1 saturated heterocycles. The number of nitrogens with zero attached hydrogens (tertiary/aromatic N) is 1. The van der Waals surface area contributed by atoms with Crippen molar-refractivity contribution in [2.45, 2.75) is 38.5 Å². The molecule has 1 amide bonds. The molecule has 0 unspecified atom stereocenters. The third-order valence-electron chi connectivity index (χ3n) is 6.07. The summed E-state index contributed by atoms with van der Waals surface area (Å²) in [5, 5.41) is 13.7. The molecule has 1 aliphatic heterocycles. The second-order valence-corrected chi connectivity index (χ2v) is 8.78. The van der Waals surface area contributed by atoms with Gasteiger partial charge in [0.05, 0.1) is 18.3 Å². The number of ketones is 1. The van der Waals surface area contributed by atoms with Gasteiger partial charge in [0, 0.05) is 25.1 Å². The first-order chi connectivity index (χ1) is 16.9. The van der Waals surface area contributed by atoms with Crippen molar-refractivity contribution in [2.24, 2.45) is 0 Å². The average Bonchev–Trinajstić information content (AvgIpc) is 3.24. The molecule has 0 radical (unpaired) electrons. The number of rotatable bonds is 10. The Labute approximate surface area is 204 Å². The van der Waals surface area contributed by atoms with Crippen molar-refractivity contribution in [3.63, 3.8) is 0 Å². The Bertz CT molecular complexity index is 1170. The number of carbonyl (C=O) groups is 2. The Morgan fingerprint density at radius 1 is 1.14 bits per heavy atom. The van der Waals surface area contributed by atoms with Crippen LogP contribution in [0.15, 0.2) is 72.8 Å². The van der Waals surface area contributed by atoms with Gasteiger partial charge in [-0.3, -0.25) is 4.90 Å². The molecule has 35 heavy (non-hydrogen) atoms. The van der Waals surface area contributed by atoms with Crippen molar-refractivity contribution >= 4 is 17.6 Å².